The van der Waals surface area contributed by atoms with Gasteiger partial charge in [0.15, 0.2) is 0 Å². The van der Waals surface area contributed by atoms with Crippen molar-refractivity contribution in [2.45, 2.75) is 19.1 Å². The molecule has 3 aromatic carbocycles. The van der Waals surface area contributed by atoms with E-state index in [1.54, 1.807) is 12.1 Å². The first-order valence-electron chi connectivity index (χ1n) is 10.4. The summed E-state index contributed by atoms with van der Waals surface area (Å²) < 4.78 is 53.3. The SMILES string of the molecule is CNC(=O)c1cc(NC(=O)c2cc(F)cc(C(F)(F)F)c2)c2c(c1)C(=O)N[C@@H]2c1ccccc1C. The van der Waals surface area contributed by atoms with Crippen LogP contribution in [0.25, 0.3) is 0 Å². The molecule has 0 saturated carbocycles. The van der Waals surface area contributed by atoms with Gasteiger partial charge in [0.25, 0.3) is 17.7 Å². The topological polar surface area (TPSA) is 87.3 Å². The third-order valence-electron chi connectivity index (χ3n) is 5.71. The largest absolute Gasteiger partial charge is 0.416 e. The zero-order chi connectivity index (χ0) is 25.5. The Bertz CT molecular complexity index is 1370. The maximum Gasteiger partial charge on any atom is 0.416 e. The fourth-order valence-electron chi connectivity index (χ4n) is 4.03. The average Bonchev–Trinajstić information content (AvgIpc) is 3.14. The lowest BCUT2D eigenvalue weighted by atomic mass is 9.92. The number of alkyl halides is 3. The van der Waals surface area contributed by atoms with Crippen LogP contribution < -0.4 is 16.0 Å². The zero-order valence-corrected chi connectivity index (χ0v) is 18.5. The molecule has 1 aliphatic rings. The maximum atomic E-state index is 13.9. The minimum Gasteiger partial charge on any atom is -0.355 e. The van der Waals surface area contributed by atoms with Gasteiger partial charge in [0.2, 0.25) is 0 Å². The molecule has 0 aromatic heterocycles. The highest BCUT2D eigenvalue weighted by Gasteiger charge is 2.35. The summed E-state index contributed by atoms with van der Waals surface area (Å²) in [6.07, 6.45) is -4.86. The van der Waals surface area contributed by atoms with E-state index >= 15 is 0 Å². The Balaban J connectivity index is 1.84. The number of fused-ring (bicyclic) bond motifs is 1. The van der Waals surface area contributed by atoms with Crippen LogP contribution in [0.15, 0.2) is 54.6 Å². The summed E-state index contributed by atoms with van der Waals surface area (Å²) >= 11 is 0. The standard InChI is InChI=1S/C25H19F4N3O3/c1-12-5-3-4-6-17(12)21-20-18(24(35)32-21)9-14(22(33)30-2)10-19(20)31-23(34)13-7-15(25(27,28)29)11-16(26)8-13/h3-11,21H,1-2H3,(H,30,33)(H,31,34)(H,32,35)/t21-/m1/s1. The number of carbonyl (C=O) groups excluding carboxylic acids is 3. The zero-order valence-electron chi connectivity index (χ0n) is 18.5. The molecule has 3 N–H and O–H groups in total. The van der Waals surface area contributed by atoms with E-state index in [4.69, 9.17) is 0 Å². The van der Waals surface area contributed by atoms with Crippen LogP contribution >= 0.6 is 0 Å². The van der Waals surface area contributed by atoms with E-state index in [-0.39, 0.29) is 22.9 Å². The second kappa shape index (κ2) is 8.86. The van der Waals surface area contributed by atoms with E-state index in [0.29, 0.717) is 17.7 Å². The summed E-state index contributed by atoms with van der Waals surface area (Å²) in [7, 11) is 1.38. The summed E-state index contributed by atoms with van der Waals surface area (Å²) in [6.45, 7) is 1.84. The van der Waals surface area contributed by atoms with Crippen LogP contribution in [0.4, 0.5) is 23.2 Å². The number of carbonyl (C=O) groups is 3. The van der Waals surface area contributed by atoms with Crippen LogP contribution in [-0.4, -0.2) is 24.8 Å². The molecule has 0 radical (unpaired) electrons. The predicted molar refractivity (Wildman–Crippen MR) is 120 cm³/mol. The Morgan fingerprint density at radius 3 is 2.31 bits per heavy atom. The molecule has 10 heteroatoms. The highest BCUT2D eigenvalue weighted by molar-refractivity contribution is 6.10. The molecule has 0 unspecified atom stereocenters. The van der Waals surface area contributed by atoms with Gasteiger partial charge >= 0.3 is 6.18 Å². The van der Waals surface area contributed by atoms with Crippen LogP contribution in [0.1, 0.15) is 59.4 Å². The lowest BCUT2D eigenvalue weighted by Gasteiger charge is -2.19. The second-order valence-corrected chi connectivity index (χ2v) is 8.01. The van der Waals surface area contributed by atoms with E-state index in [1.165, 1.54) is 19.2 Å². The molecule has 0 aliphatic carbocycles. The van der Waals surface area contributed by atoms with Crippen molar-refractivity contribution < 1.29 is 31.9 Å². The number of hydrogen-bond acceptors (Lipinski definition) is 3. The van der Waals surface area contributed by atoms with E-state index in [2.05, 4.69) is 16.0 Å². The lowest BCUT2D eigenvalue weighted by Crippen LogP contribution is -2.21. The second-order valence-electron chi connectivity index (χ2n) is 8.01. The van der Waals surface area contributed by atoms with Gasteiger partial charge in [-0.1, -0.05) is 24.3 Å². The number of aryl methyl sites for hydroxylation is 1. The quantitative estimate of drug-likeness (QED) is 0.472. The summed E-state index contributed by atoms with van der Waals surface area (Å²) in [4.78, 5) is 38.0. The Labute approximate surface area is 197 Å². The summed E-state index contributed by atoms with van der Waals surface area (Å²) in [5, 5.41) is 7.72. The van der Waals surface area contributed by atoms with Crippen molar-refractivity contribution in [1.29, 1.82) is 0 Å². The average molecular weight is 485 g/mol. The monoisotopic (exact) mass is 485 g/mol. The maximum absolute atomic E-state index is 13.9. The van der Waals surface area contributed by atoms with Crippen molar-refractivity contribution in [3.05, 3.63) is 99.4 Å². The van der Waals surface area contributed by atoms with E-state index in [1.807, 2.05) is 19.1 Å². The molecule has 0 spiro atoms. The van der Waals surface area contributed by atoms with Crippen LogP contribution in [0.5, 0.6) is 0 Å². The van der Waals surface area contributed by atoms with Gasteiger partial charge in [0.05, 0.1) is 11.6 Å². The highest BCUT2D eigenvalue weighted by Crippen LogP contribution is 2.39. The number of halogens is 4. The number of amides is 3. The van der Waals surface area contributed by atoms with Crippen molar-refractivity contribution in [2.75, 3.05) is 12.4 Å². The molecular formula is C25H19F4N3O3. The van der Waals surface area contributed by atoms with Crippen LogP contribution in [0.2, 0.25) is 0 Å². The van der Waals surface area contributed by atoms with Crippen molar-refractivity contribution >= 4 is 23.4 Å². The molecule has 6 nitrogen and oxygen atoms in total. The number of anilines is 1. The van der Waals surface area contributed by atoms with Crippen molar-refractivity contribution in [1.82, 2.24) is 10.6 Å². The fraction of sp³-hybridized carbons (Fsp3) is 0.160. The van der Waals surface area contributed by atoms with Crippen LogP contribution in [0.3, 0.4) is 0 Å². The van der Waals surface area contributed by atoms with Gasteiger partial charge in [-0.25, -0.2) is 4.39 Å². The molecule has 3 aromatic rings. The first-order chi connectivity index (χ1) is 16.5. The minimum absolute atomic E-state index is 0.0375. The minimum atomic E-state index is -4.86. The Hall–Kier alpha value is -4.21. The van der Waals surface area contributed by atoms with Gasteiger partial charge in [0, 0.05) is 35.0 Å². The summed E-state index contributed by atoms with van der Waals surface area (Å²) in [5.41, 5.74) is 0.254. The van der Waals surface area contributed by atoms with Gasteiger partial charge < -0.3 is 16.0 Å². The van der Waals surface area contributed by atoms with E-state index in [0.717, 1.165) is 11.1 Å². The predicted octanol–water partition coefficient (Wildman–Crippen LogP) is 4.60. The fourth-order valence-corrected chi connectivity index (χ4v) is 4.03. The molecule has 0 bridgehead atoms. The molecule has 4 rings (SSSR count). The molecule has 1 atom stereocenters. The first kappa shape index (κ1) is 23.9. The van der Waals surface area contributed by atoms with Crippen molar-refractivity contribution in [3.8, 4) is 0 Å². The van der Waals surface area contributed by atoms with Crippen LogP contribution in [0, 0.1) is 12.7 Å². The Morgan fingerprint density at radius 1 is 0.971 bits per heavy atom. The molecule has 1 heterocycles. The molecular weight excluding hydrogens is 466 g/mol. The Kier molecular flexibility index (Phi) is 6.06. The molecule has 35 heavy (non-hydrogen) atoms. The third kappa shape index (κ3) is 4.59. The van der Waals surface area contributed by atoms with Crippen molar-refractivity contribution in [3.63, 3.8) is 0 Å². The third-order valence-corrected chi connectivity index (χ3v) is 5.71. The number of hydrogen-bond donors (Lipinski definition) is 3. The number of rotatable bonds is 4. The first-order valence-corrected chi connectivity index (χ1v) is 10.4. The van der Waals surface area contributed by atoms with Crippen LogP contribution in [-0.2, 0) is 6.18 Å². The number of nitrogens with one attached hydrogen (secondary N) is 3. The van der Waals surface area contributed by atoms with Gasteiger partial charge in [-0.05, 0) is 48.4 Å². The van der Waals surface area contributed by atoms with Gasteiger partial charge in [-0.2, -0.15) is 13.2 Å². The smallest absolute Gasteiger partial charge is 0.355 e. The lowest BCUT2D eigenvalue weighted by molar-refractivity contribution is -0.137. The van der Waals surface area contributed by atoms with E-state index in [9.17, 15) is 31.9 Å². The molecule has 0 fully saturated rings. The molecule has 180 valence electrons. The van der Waals surface area contributed by atoms with E-state index < -0.39 is 46.9 Å². The number of benzene rings is 3. The highest BCUT2D eigenvalue weighted by atomic mass is 19.4. The van der Waals surface area contributed by atoms with Gasteiger partial charge in [0.1, 0.15) is 5.82 Å². The summed E-state index contributed by atoms with van der Waals surface area (Å²) in [6, 6.07) is 10.7. The van der Waals surface area contributed by atoms with Crippen molar-refractivity contribution in [2.24, 2.45) is 0 Å². The molecule has 0 saturated heterocycles. The van der Waals surface area contributed by atoms with Gasteiger partial charge in [-0.15, -0.1) is 0 Å². The molecule has 1 aliphatic heterocycles. The summed E-state index contributed by atoms with van der Waals surface area (Å²) in [5.74, 6) is -3.29. The normalized spacial score (nSPS) is 14.8. The molecule has 3 amide bonds. The Morgan fingerprint density at radius 2 is 1.66 bits per heavy atom. The van der Waals surface area contributed by atoms with Gasteiger partial charge in [-0.3, -0.25) is 14.4 Å².